The van der Waals surface area contributed by atoms with Crippen LogP contribution in [-0.4, -0.2) is 12.1 Å². The van der Waals surface area contributed by atoms with Crippen molar-refractivity contribution >= 4 is 28.5 Å². The van der Waals surface area contributed by atoms with E-state index < -0.39 is 0 Å². The third kappa shape index (κ3) is 2.79. The fourth-order valence-corrected chi connectivity index (χ4v) is 3.59. The highest BCUT2D eigenvalue weighted by Gasteiger charge is 2.29. The maximum atomic E-state index is 13.1. The van der Waals surface area contributed by atoms with E-state index in [4.69, 9.17) is 17.0 Å². The molecule has 0 radical (unpaired) electrons. The summed E-state index contributed by atoms with van der Waals surface area (Å²) >= 11 is 5.63. The SMILES string of the molecule is CN1C2=CC=CCC2=C(C(=S)Oc2ccc(F)cc2)c2ccccc21. The van der Waals surface area contributed by atoms with Crippen molar-refractivity contribution in [3.63, 3.8) is 0 Å². The van der Waals surface area contributed by atoms with Crippen LogP contribution in [0.5, 0.6) is 5.75 Å². The maximum Gasteiger partial charge on any atom is 0.199 e. The molecule has 1 aliphatic carbocycles. The Bertz CT molecular complexity index is 941. The van der Waals surface area contributed by atoms with Gasteiger partial charge in [-0.3, -0.25) is 0 Å². The van der Waals surface area contributed by atoms with Gasteiger partial charge in [0.15, 0.2) is 5.05 Å². The number of allylic oxidation sites excluding steroid dienone is 4. The topological polar surface area (TPSA) is 12.5 Å². The number of benzene rings is 2. The molecule has 0 amide bonds. The van der Waals surface area contributed by atoms with Gasteiger partial charge in [-0.2, -0.15) is 0 Å². The van der Waals surface area contributed by atoms with E-state index in [0.717, 1.165) is 34.5 Å². The molecule has 0 aromatic heterocycles. The second-order valence-corrected chi connectivity index (χ2v) is 6.33. The van der Waals surface area contributed by atoms with Crippen LogP contribution in [-0.2, 0) is 0 Å². The van der Waals surface area contributed by atoms with Crippen LogP contribution in [0, 0.1) is 5.82 Å². The van der Waals surface area contributed by atoms with Crippen molar-refractivity contribution < 1.29 is 9.13 Å². The van der Waals surface area contributed by atoms with Crippen molar-refractivity contribution in [1.82, 2.24) is 0 Å². The molecular weight excluding hydrogens is 333 g/mol. The molecule has 25 heavy (non-hydrogen) atoms. The fourth-order valence-electron chi connectivity index (χ4n) is 3.26. The number of thiocarbonyl (C=S) groups is 1. The highest BCUT2D eigenvalue weighted by molar-refractivity contribution is 7.81. The Morgan fingerprint density at radius 1 is 1.12 bits per heavy atom. The smallest absolute Gasteiger partial charge is 0.199 e. The number of likely N-dealkylation sites (N-methyl/N-ethyl adjacent to an activating group) is 1. The Morgan fingerprint density at radius 2 is 1.88 bits per heavy atom. The number of ether oxygens (including phenoxy) is 1. The zero-order chi connectivity index (χ0) is 17.4. The van der Waals surface area contributed by atoms with Gasteiger partial charge in [0, 0.05) is 29.6 Å². The minimum atomic E-state index is -0.299. The first-order valence-corrected chi connectivity index (χ1v) is 8.47. The van der Waals surface area contributed by atoms with Crippen LogP contribution in [0.15, 0.2) is 78.0 Å². The molecular formula is C21H16FNOS. The van der Waals surface area contributed by atoms with Gasteiger partial charge in [0.05, 0.1) is 0 Å². The van der Waals surface area contributed by atoms with Gasteiger partial charge in [-0.15, -0.1) is 0 Å². The Kier molecular flexibility index (Phi) is 3.98. The van der Waals surface area contributed by atoms with E-state index in [1.54, 1.807) is 12.1 Å². The van der Waals surface area contributed by atoms with Crippen LogP contribution in [0.4, 0.5) is 10.1 Å². The van der Waals surface area contributed by atoms with E-state index in [0.29, 0.717) is 10.8 Å². The largest absolute Gasteiger partial charge is 0.445 e. The molecule has 0 saturated carbocycles. The number of anilines is 1. The molecule has 0 fully saturated rings. The van der Waals surface area contributed by atoms with Crippen molar-refractivity contribution in [2.24, 2.45) is 0 Å². The quantitative estimate of drug-likeness (QED) is 0.685. The molecule has 0 unspecified atom stereocenters. The Hall–Kier alpha value is -2.72. The molecule has 0 atom stereocenters. The monoisotopic (exact) mass is 349 g/mol. The summed E-state index contributed by atoms with van der Waals surface area (Å²) in [6, 6.07) is 14.1. The second-order valence-electron chi connectivity index (χ2n) is 5.96. The van der Waals surface area contributed by atoms with Crippen molar-refractivity contribution in [3.8, 4) is 5.75 Å². The number of hydrogen-bond donors (Lipinski definition) is 0. The fraction of sp³-hybridized carbons (Fsp3) is 0.0952. The standard InChI is InChI=1S/C21H16FNOS/c1-23-18-8-4-2-6-16(18)20(17-7-3-5-9-19(17)23)21(25)24-15-12-10-14(22)11-13-15/h2-6,8-13H,7H2,1H3. The van der Waals surface area contributed by atoms with Crippen LogP contribution in [0.2, 0.25) is 0 Å². The second kappa shape index (κ2) is 6.30. The first kappa shape index (κ1) is 15.8. The summed E-state index contributed by atoms with van der Waals surface area (Å²) in [6.07, 6.45) is 7.06. The zero-order valence-corrected chi connectivity index (χ0v) is 14.5. The number of nitrogens with zero attached hydrogens (tertiary/aromatic N) is 1. The first-order valence-electron chi connectivity index (χ1n) is 8.06. The molecule has 1 heterocycles. The lowest BCUT2D eigenvalue weighted by atomic mass is 9.88. The molecule has 124 valence electrons. The molecule has 2 aromatic carbocycles. The predicted octanol–water partition coefficient (Wildman–Crippen LogP) is 5.28. The first-order chi connectivity index (χ1) is 12.1. The number of hydrogen-bond acceptors (Lipinski definition) is 3. The van der Waals surface area contributed by atoms with Crippen LogP contribution >= 0.6 is 12.2 Å². The Labute approximate surface area is 151 Å². The van der Waals surface area contributed by atoms with Gasteiger partial charge >= 0.3 is 0 Å². The van der Waals surface area contributed by atoms with E-state index >= 15 is 0 Å². The lowest BCUT2D eigenvalue weighted by molar-refractivity contribution is 0.564. The average Bonchev–Trinajstić information content (AvgIpc) is 2.64. The molecule has 0 spiro atoms. The lowest BCUT2D eigenvalue weighted by Crippen LogP contribution is -2.27. The Balaban J connectivity index is 1.80. The van der Waals surface area contributed by atoms with Crippen molar-refractivity contribution in [2.75, 3.05) is 11.9 Å². The van der Waals surface area contributed by atoms with E-state index in [1.165, 1.54) is 12.1 Å². The van der Waals surface area contributed by atoms with Gasteiger partial charge in [-0.05, 0) is 60.6 Å². The van der Waals surface area contributed by atoms with Crippen molar-refractivity contribution in [3.05, 3.63) is 89.4 Å². The molecule has 0 N–H and O–H groups in total. The highest BCUT2D eigenvalue weighted by atomic mass is 32.1. The molecule has 2 aliphatic rings. The minimum absolute atomic E-state index is 0.299. The summed E-state index contributed by atoms with van der Waals surface area (Å²) in [5, 5.41) is 0.406. The third-order valence-electron chi connectivity index (χ3n) is 4.45. The lowest BCUT2D eigenvalue weighted by Gasteiger charge is -2.34. The highest BCUT2D eigenvalue weighted by Crippen LogP contribution is 2.42. The predicted molar refractivity (Wildman–Crippen MR) is 103 cm³/mol. The van der Waals surface area contributed by atoms with Crippen LogP contribution in [0.3, 0.4) is 0 Å². The summed E-state index contributed by atoms with van der Waals surface area (Å²) in [7, 11) is 2.06. The normalized spacial score (nSPS) is 15.4. The summed E-state index contributed by atoms with van der Waals surface area (Å²) in [6.45, 7) is 0. The summed E-state index contributed by atoms with van der Waals surface area (Å²) in [5.74, 6) is 0.236. The van der Waals surface area contributed by atoms with Gasteiger partial charge < -0.3 is 9.64 Å². The number of rotatable bonds is 2. The molecule has 2 aromatic rings. The van der Waals surface area contributed by atoms with Crippen LogP contribution < -0.4 is 9.64 Å². The number of fused-ring (bicyclic) bond motifs is 2. The van der Waals surface area contributed by atoms with Gasteiger partial charge in [0.2, 0.25) is 0 Å². The van der Waals surface area contributed by atoms with Gasteiger partial charge in [0.25, 0.3) is 0 Å². The van der Waals surface area contributed by atoms with Gasteiger partial charge in [-0.1, -0.05) is 30.4 Å². The van der Waals surface area contributed by atoms with Gasteiger partial charge in [-0.25, -0.2) is 4.39 Å². The number of halogens is 1. The Morgan fingerprint density at radius 3 is 2.68 bits per heavy atom. The van der Waals surface area contributed by atoms with Crippen molar-refractivity contribution in [1.29, 1.82) is 0 Å². The van der Waals surface area contributed by atoms with Crippen LogP contribution in [0.1, 0.15) is 12.0 Å². The molecule has 4 heteroatoms. The molecule has 1 aliphatic heterocycles. The molecule has 4 rings (SSSR count). The summed E-state index contributed by atoms with van der Waals surface area (Å²) in [4.78, 5) is 2.18. The minimum Gasteiger partial charge on any atom is -0.445 e. The maximum absolute atomic E-state index is 13.1. The van der Waals surface area contributed by atoms with E-state index in [-0.39, 0.29) is 5.82 Å². The summed E-state index contributed by atoms with van der Waals surface area (Å²) in [5.41, 5.74) is 5.35. The zero-order valence-electron chi connectivity index (χ0n) is 13.7. The van der Waals surface area contributed by atoms with Crippen LogP contribution in [0.25, 0.3) is 5.57 Å². The van der Waals surface area contributed by atoms with Gasteiger partial charge in [0.1, 0.15) is 11.6 Å². The number of para-hydroxylation sites is 1. The third-order valence-corrected chi connectivity index (χ3v) is 4.73. The average molecular weight is 349 g/mol. The molecule has 0 saturated heterocycles. The molecule has 0 bridgehead atoms. The van der Waals surface area contributed by atoms with E-state index in [1.807, 2.05) is 12.1 Å². The van der Waals surface area contributed by atoms with E-state index in [2.05, 4.69) is 42.3 Å². The van der Waals surface area contributed by atoms with Crippen molar-refractivity contribution in [2.45, 2.75) is 6.42 Å². The van der Waals surface area contributed by atoms with E-state index in [9.17, 15) is 4.39 Å². The molecule has 2 nitrogen and oxygen atoms in total. The summed E-state index contributed by atoms with van der Waals surface area (Å²) < 4.78 is 19.0.